The molecular formula is C18H16N2O4. The van der Waals surface area contributed by atoms with Crippen LogP contribution in [0.25, 0.3) is 10.9 Å². The highest BCUT2D eigenvalue weighted by Crippen LogP contribution is 2.20. The maximum absolute atomic E-state index is 12.2. The average Bonchev–Trinajstić information content (AvgIpc) is 2.56. The Balaban J connectivity index is 2.04. The number of benzene rings is 2. The van der Waals surface area contributed by atoms with E-state index in [0.29, 0.717) is 29.8 Å². The van der Waals surface area contributed by atoms with Gasteiger partial charge in [-0.1, -0.05) is 18.2 Å². The molecule has 2 aromatic carbocycles. The van der Waals surface area contributed by atoms with Gasteiger partial charge in [-0.3, -0.25) is 4.79 Å². The molecule has 0 amide bonds. The number of aromatic carboxylic acids is 1. The van der Waals surface area contributed by atoms with Gasteiger partial charge in [0.1, 0.15) is 11.6 Å². The number of fused-ring (bicyclic) bond motifs is 1. The van der Waals surface area contributed by atoms with Crippen LogP contribution in [0.3, 0.4) is 0 Å². The quantitative estimate of drug-likeness (QED) is 0.752. The third kappa shape index (κ3) is 3.12. The van der Waals surface area contributed by atoms with Gasteiger partial charge in [0, 0.05) is 12.0 Å². The molecule has 1 heterocycles. The molecule has 3 rings (SSSR count). The number of nitrogens with one attached hydrogen (secondary N) is 1. The Bertz CT molecular complexity index is 963. The second-order valence-corrected chi connectivity index (χ2v) is 5.27. The number of rotatable bonds is 5. The van der Waals surface area contributed by atoms with Crippen molar-refractivity contribution in [3.63, 3.8) is 0 Å². The second-order valence-electron chi connectivity index (χ2n) is 5.27. The Hall–Kier alpha value is -3.15. The van der Waals surface area contributed by atoms with Gasteiger partial charge >= 0.3 is 5.97 Å². The minimum absolute atomic E-state index is 0.0984. The van der Waals surface area contributed by atoms with E-state index in [9.17, 15) is 9.59 Å². The molecule has 0 aliphatic heterocycles. The molecule has 24 heavy (non-hydrogen) atoms. The Morgan fingerprint density at radius 1 is 1.25 bits per heavy atom. The van der Waals surface area contributed by atoms with Crippen molar-refractivity contribution >= 4 is 16.9 Å². The number of ether oxygens (including phenoxy) is 1. The summed E-state index contributed by atoms with van der Waals surface area (Å²) in [7, 11) is 0. The number of nitrogens with zero attached hydrogens (tertiary/aromatic N) is 1. The zero-order chi connectivity index (χ0) is 17.1. The Labute approximate surface area is 137 Å². The number of H-pyrrole nitrogens is 1. The highest BCUT2D eigenvalue weighted by molar-refractivity contribution is 5.92. The topological polar surface area (TPSA) is 92.3 Å². The number of aromatic amines is 1. The van der Waals surface area contributed by atoms with Crippen molar-refractivity contribution < 1.29 is 14.6 Å². The molecular weight excluding hydrogens is 308 g/mol. The van der Waals surface area contributed by atoms with Crippen molar-refractivity contribution in [2.24, 2.45) is 0 Å². The first kappa shape index (κ1) is 15.7. The van der Waals surface area contributed by atoms with Crippen LogP contribution in [0.5, 0.6) is 5.75 Å². The third-order valence-electron chi connectivity index (χ3n) is 3.63. The molecule has 0 aliphatic rings. The van der Waals surface area contributed by atoms with Crippen LogP contribution in [0.4, 0.5) is 0 Å². The number of para-hydroxylation sites is 1. The summed E-state index contributed by atoms with van der Waals surface area (Å²) in [5.74, 6) is 0.145. The summed E-state index contributed by atoms with van der Waals surface area (Å²) in [6.07, 6.45) is 0.388. The first-order valence-corrected chi connectivity index (χ1v) is 7.55. The van der Waals surface area contributed by atoms with Gasteiger partial charge in [0.2, 0.25) is 0 Å². The standard InChI is InChI=1S/C18H16N2O4/c1-2-24-15-6-4-3-5-11(15)10-16-19-14-9-12(18(22)23)7-8-13(14)17(21)20-16/h3-9H,2,10H2,1H3,(H,22,23)(H,19,20,21). The van der Waals surface area contributed by atoms with Crippen molar-refractivity contribution in [1.29, 1.82) is 0 Å². The minimum atomic E-state index is -1.05. The number of carbonyl (C=O) groups is 1. The van der Waals surface area contributed by atoms with Crippen LogP contribution in [-0.2, 0) is 6.42 Å². The van der Waals surface area contributed by atoms with Gasteiger partial charge < -0.3 is 14.8 Å². The molecule has 2 N–H and O–H groups in total. The number of aromatic nitrogens is 2. The van der Waals surface area contributed by atoms with Crippen molar-refractivity contribution in [1.82, 2.24) is 9.97 Å². The lowest BCUT2D eigenvalue weighted by atomic mass is 10.1. The van der Waals surface area contributed by atoms with Gasteiger partial charge in [-0.2, -0.15) is 0 Å². The average molecular weight is 324 g/mol. The number of hydrogen-bond acceptors (Lipinski definition) is 4. The van der Waals surface area contributed by atoms with E-state index in [0.717, 1.165) is 11.3 Å². The van der Waals surface area contributed by atoms with Gasteiger partial charge in [-0.15, -0.1) is 0 Å². The molecule has 1 aromatic heterocycles. The lowest BCUT2D eigenvalue weighted by Crippen LogP contribution is -2.13. The predicted molar refractivity (Wildman–Crippen MR) is 89.7 cm³/mol. The first-order chi connectivity index (χ1) is 11.6. The number of carboxylic acid groups (broad SMARTS) is 1. The first-order valence-electron chi connectivity index (χ1n) is 7.55. The van der Waals surface area contributed by atoms with Crippen LogP contribution in [0, 0.1) is 0 Å². The van der Waals surface area contributed by atoms with Gasteiger partial charge in [0.15, 0.2) is 0 Å². The molecule has 0 bridgehead atoms. The van der Waals surface area contributed by atoms with Crippen LogP contribution < -0.4 is 10.3 Å². The van der Waals surface area contributed by atoms with E-state index in [1.807, 2.05) is 31.2 Å². The molecule has 0 saturated heterocycles. The Morgan fingerprint density at radius 2 is 2.04 bits per heavy atom. The predicted octanol–water partition coefficient (Wildman–Crippen LogP) is 2.61. The highest BCUT2D eigenvalue weighted by atomic mass is 16.5. The molecule has 0 atom stereocenters. The van der Waals surface area contributed by atoms with Crippen molar-refractivity contribution in [2.75, 3.05) is 6.61 Å². The van der Waals surface area contributed by atoms with Crippen LogP contribution in [0.15, 0.2) is 47.3 Å². The smallest absolute Gasteiger partial charge is 0.335 e. The van der Waals surface area contributed by atoms with Crippen LogP contribution >= 0.6 is 0 Å². The van der Waals surface area contributed by atoms with Gasteiger partial charge in [0.25, 0.3) is 5.56 Å². The molecule has 0 spiro atoms. The highest BCUT2D eigenvalue weighted by Gasteiger charge is 2.10. The summed E-state index contributed by atoms with van der Waals surface area (Å²) >= 11 is 0. The molecule has 6 nitrogen and oxygen atoms in total. The summed E-state index contributed by atoms with van der Waals surface area (Å²) in [5, 5.41) is 9.45. The summed E-state index contributed by atoms with van der Waals surface area (Å²) in [5.41, 5.74) is 1.07. The van der Waals surface area contributed by atoms with Crippen LogP contribution in [0.2, 0.25) is 0 Å². The zero-order valence-corrected chi connectivity index (χ0v) is 13.1. The fraction of sp³-hybridized carbons (Fsp3) is 0.167. The fourth-order valence-corrected chi connectivity index (χ4v) is 2.53. The molecule has 3 aromatic rings. The maximum Gasteiger partial charge on any atom is 0.335 e. The van der Waals surface area contributed by atoms with E-state index in [1.165, 1.54) is 18.2 Å². The third-order valence-corrected chi connectivity index (χ3v) is 3.63. The second kappa shape index (κ2) is 6.54. The van der Waals surface area contributed by atoms with Crippen LogP contribution in [-0.4, -0.2) is 27.7 Å². The van der Waals surface area contributed by atoms with Gasteiger partial charge in [0.05, 0.1) is 23.1 Å². The molecule has 122 valence electrons. The van der Waals surface area contributed by atoms with E-state index >= 15 is 0 Å². The van der Waals surface area contributed by atoms with E-state index in [4.69, 9.17) is 9.84 Å². The minimum Gasteiger partial charge on any atom is -0.494 e. The van der Waals surface area contributed by atoms with Gasteiger partial charge in [-0.25, -0.2) is 9.78 Å². The van der Waals surface area contributed by atoms with Gasteiger partial charge in [-0.05, 0) is 31.2 Å². The maximum atomic E-state index is 12.2. The summed E-state index contributed by atoms with van der Waals surface area (Å²) in [6.45, 7) is 2.45. The molecule has 0 unspecified atom stereocenters. The zero-order valence-electron chi connectivity index (χ0n) is 13.1. The SMILES string of the molecule is CCOc1ccccc1Cc1nc2cc(C(=O)O)ccc2c(=O)[nH]1. The number of carboxylic acids is 1. The van der Waals surface area contributed by atoms with Crippen molar-refractivity contribution in [3.8, 4) is 5.75 Å². The molecule has 0 aliphatic carbocycles. The molecule has 6 heteroatoms. The lowest BCUT2D eigenvalue weighted by molar-refractivity contribution is 0.0697. The van der Waals surface area contributed by atoms with E-state index in [-0.39, 0.29) is 11.1 Å². The Morgan fingerprint density at radius 3 is 2.79 bits per heavy atom. The fourth-order valence-electron chi connectivity index (χ4n) is 2.53. The summed E-state index contributed by atoms with van der Waals surface area (Å²) in [6, 6.07) is 11.8. The summed E-state index contributed by atoms with van der Waals surface area (Å²) < 4.78 is 5.58. The molecule has 0 saturated carbocycles. The van der Waals surface area contributed by atoms with Crippen molar-refractivity contribution in [2.45, 2.75) is 13.3 Å². The van der Waals surface area contributed by atoms with E-state index < -0.39 is 5.97 Å². The monoisotopic (exact) mass is 324 g/mol. The van der Waals surface area contributed by atoms with Crippen LogP contribution in [0.1, 0.15) is 28.7 Å². The molecule has 0 radical (unpaired) electrons. The van der Waals surface area contributed by atoms with E-state index in [2.05, 4.69) is 9.97 Å². The summed E-state index contributed by atoms with van der Waals surface area (Å²) in [4.78, 5) is 30.4. The van der Waals surface area contributed by atoms with E-state index in [1.54, 1.807) is 0 Å². The van der Waals surface area contributed by atoms with Crippen molar-refractivity contribution in [3.05, 3.63) is 69.8 Å². The molecule has 0 fully saturated rings. The normalized spacial score (nSPS) is 10.7. The number of hydrogen-bond donors (Lipinski definition) is 2. The Kier molecular flexibility index (Phi) is 4.29. The largest absolute Gasteiger partial charge is 0.494 e. The lowest BCUT2D eigenvalue weighted by Gasteiger charge is -2.10.